The standard InChI is InChI=1S/C15H21ClN2O/c1-12(2)14(10-19)8-17-11-18(3)9-13-4-6-15(16)7-5-13/h4-8,10,12,17H,9,11H2,1-3H3/b14-8+. The molecule has 0 heterocycles. The molecule has 0 radical (unpaired) electrons. The summed E-state index contributed by atoms with van der Waals surface area (Å²) in [5, 5.41) is 3.91. The summed E-state index contributed by atoms with van der Waals surface area (Å²) in [6, 6.07) is 7.81. The Kier molecular flexibility index (Phi) is 6.60. The molecule has 0 spiro atoms. The van der Waals surface area contributed by atoms with Gasteiger partial charge in [-0.05, 0) is 30.7 Å². The van der Waals surface area contributed by atoms with Gasteiger partial charge in [0.2, 0.25) is 0 Å². The van der Waals surface area contributed by atoms with Gasteiger partial charge in [-0.25, -0.2) is 0 Å². The number of halogens is 1. The molecule has 1 rings (SSSR count). The van der Waals surface area contributed by atoms with Crippen molar-refractivity contribution in [2.45, 2.75) is 20.4 Å². The van der Waals surface area contributed by atoms with E-state index >= 15 is 0 Å². The van der Waals surface area contributed by atoms with E-state index in [0.717, 1.165) is 23.4 Å². The van der Waals surface area contributed by atoms with Gasteiger partial charge in [-0.2, -0.15) is 0 Å². The molecule has 0 saturated heterocycles. The number of aldehydes is 1. The molecule has 19 heavy (non-hydrogen) atoms. The van der Waals surface area contributed by atoms with Gasteiger partial charge in [-0.15, -0.1) is 0 Å². The third kappa shape index (κ3) is 5.90. The third-order valence-corrected chi connectivity index (χ3v) is 3.05. The number of rotatable bonds is 7. The number of carbonyl (C=O) groups excluding carboxylic acids is 1. The predicted octanol–water partition coefficient (Wildman–Crippen LogP) is 3.06. The van der Waals surface area contributed by atoms with Crippen molar-refractivity contribution in [3.05, 3.63) is 46.6 Å². The number of nitrogens with zero attached hydrogens (tertiary/aromatic N) is 1. The Morgan fingerprint density at radius 1 is 1.37 bits per heavy atom. The van der Waals surface area contributed by atoms with E-state index in [4.69, 9.17) is 11.6 Å². The molecule has 4 heteroatoms. The Morgan fingerprint density at radius 2 is 2.00 bits per heavy atom. The molecular formula is C15H21ClN2O. The van der Waals surface area contributed by atoms with Crippen LogP contribution in [0.1, 0.15) is 19.4 Å². The normalized spacial score (nSPS) is 12.0. The molecule has 0 aliphatic heterocycles. The van der Waals surface area contributed by atoms with Crippen LogP contribution in [-0.2, 0) is 11.3 Å². The lowest BCUT2D eigenvalue weighted by atomic mass is 10.1. The van der Waals surface area contributed by atoms with Crippen molar-refractivity contribution in [1.82, 2.24) is 10.2 Å². The van der Waals surface area contributed by atoms with Gasteiger partial charge in [0, 0.05) is 23.3 Å². The summed E-state index contributed by atoms with van der Waals surface area (Å²) in [5.74, 6) is 0.242. The third-order valence-electron chi connectivity index (χ3n) is 2.80. The lowest BCUT2D eigenvalue weighted by Crippen LogP contribution is -2.28. The van der Waals surface area contributed by atoms with Crippen molar-refractivity contribution < 1.29 is 4.79 Å². The number of allylic oxidation sites excluding steroid dienone is 1. The van der Waals surface area contributed by atoms with Gasteiger partial charge in [0.15, 0.2) is 0 Å². The average molecular weight is 281 g/mol. The smallest absolute Gasteiger partial charge is 0.147 e. The molecular weight excluding hydrogens is 260 g/mol. The largest absolute Gasteiger partial charge is 0.378 e. The molecule has 104 valence electrons. The maximum Gasteiger partial charge on any atom is 0.147 e. The molecule has 0 aliphatic rings. The Balaban J connectivity index is 2.41. The highest BCUT2D eigenvalue weighted by Crippen LogP contribution is 2.10. The molecule has 1 aromatic rings. The van der Waals surface area contributed by atoms with Crippen LogP contribution in [0, 0.1) is 5.92 Å². The molecule has 0 amide bonds. The van der Waals surface area contributed by atoms with Crippen LogP contribution in [0.5, 0.6) is 0 Å². The van der Waals surface area contributed by atoms with Crippen molar-refractivity contribution in [1.29, 1.82) is 0 Å². The summed E-state index contributed by atoms with van der Waals surface area (Å²) in [5.41, 5.74) is 1.98. The van der Waals surface area contributed by atoms with E-state index in [9.17, 15) is 4.79 Å². The monoisotopic (exact) mass is 280 g/mol. The van der Waals surface area contributed by atoms with Gasteiger partial charge < -0.3 is 5.32 Å². The van der Waals surface area contributed by atoms with Crippen molar-refractivity contribution in [3.63, 3.8) is 0 Å². The molecule has 0 aliphatic carbocycles. The van der Waals surface area contributed by atoms with E-state index in [1.807, 2.05) is 45.2 Å². The zero-order valence-electron chi connectivity index (χ0n) is 11.7. The zero-order chi connectivity index (χ0) is 14.3. The van der Waals surface area contributed by atoms with E-state index in [1.54, 1.807) is 6.20 Å². The first-order valence-electron chi connectivity index (χ1n) is 6.34. The maximum atomic E-state index is 10.8. The number of benzene rings is 1. The van der Waals surface area contributed by atoms with E-state index in [2.05, 4.69) is 10.2 Å². The highest BCUT2D eigenvalue weighted by Gasteiger charge is 2.02. The molecule has 0 aromatic heterocycles. The second-order valence-corrected chi connectivity index (χ2v) is 5.36. The topological polar surface area (TPSA) is 32.3 Å². The quantitative estimate of drug-likeness (QED) is 0.473. The van der Waals surface area contributed by atoms with Gasteiger partial charge >= 0.3 is 0 Å². The van der Waals surface area contributed by atoms with Crippen LogP contribution in [0.4, 0.5) is 0 Å². The predicted molar refractivity (Wildman–Crippen MR) is 79.9 cm³/mol. The van der Waals surface area contributed by atoms with E-state index < -0.39 is 0 Å². The molecule has 3 nitrogen and oxygen atoms in total. The lowest BCUT2D eigenvalue weighted by Gasteiger charge is -2.17. The van der Waals surface area contributed by atoms with Crippen LogP contribution < -0.4 is 5.32 Å². The summed E-state index contributed by atoms with van der Waals surface area (Å²) in [6.45, 7) is 5.52. The van der Waals surface area contributed by atoms with Crippen LogP contribution in [0.15, 0.2) is 36.0 Å². The summed E-state index contributed by atoms with van der Waals surface area (Å²) >= 11 is 5.85. The first-order valence-corrected chi connectivity index (χ1v) is 6.72. The molecule has 0 unspecified atom stereocenters. The average Bonchev–Trinajstić information content (AvgIpc) is 2.37. The maximum absolute atomic E-state index is 10.8. The van der Waals surface area contributed by atoms with Gasteiger partial charge in [0.25, 0.3) is 0 Å². The fourth-order valence-corrected chi connectivity index (χ4v) is 1.74. The molecule has 1 N–H and O–H groups in total. The van der Waals surface area contributed by atoms with E-state index in [-0.39, 0.29) is 5.92 Å². The summed E-state index contributed by atoms with van der Waals surface area (Å²) in [4.78, 5) is 12.9. The van der Waals surface area contributed by atoms with Gasteiger partial charge in [-0.1, -0.05) is 37.6 Å². The minimum Gasteiger partial charge on any atom is -0.378 e. The minimum absolute atomic E-state index is 0.242. The summed E-state index contributed by atoms with van der Waals surface area (Å²) < 4.78 is 0. The van der Waals surface area contributed by atoms with Crippen molar-refractivity contribution in [2.75, 3.05) is 13.7 Å². The van der Waals surface area contributed by atoms with E-state index in [1.165, 1.54) is 5.56 Å². The van der Waals surface area contributed by atoms with E-state index in [0.29, 0.717) is 6.67 Å². The Hall–Kier alpha value is -1.32. The lowest BCUT2D eigenvalue weighted by molar-refractivity contribution is -0.105. The minimum atomic E-state index is 0.242. The number of nitrogens with one attached hydrogen (secondary N) is 1. The fourth-order valence-electron chi connectivity index (χ4n) is 1.61. The number of hydrogen-bond acceptors (Lipinski definition) is 3. The van der Waals surface area contributed by atoms with Crippen LogP contribution in [0.2, 0.25) is 5.02 Å². The van der Waals surface area contributed by atoms with Gasteiger partial charge in [0.1, 0.15) is 6.29 Å². The van der Waals surface area contributed by atoms with Crippen molar-refractivity contribution in [3.8, 4) is 0 Å². The Bertz CT molecular complexity index is 426. The van der Waals surface area contributed by atoms with Gasteiger partial charge in [0.05, 0.1) is 6.67 Å². The highest BCUT2D eigenvalue weighted by molar-refractivity contribution is 6.30. The summed E-state index contributed by atoms with van der Waals surface area (Å²) in [6.07, 6.45) is 2.69. The van der Waals surface area contributed by atoms with Crippen molar-refractivity contribution in [2.24, 2.45) is 5.92 Å². The number of carbonyl (C=O) groups is 1. The first kappa shape index (κ1) is 15.7. The molecule has 1 aromatic carbocycles. The fraction of sp³-hybridized carbons (Fsp3) is 0.400. The van der Waals surface area contributed by atoms with Crippen LogP contribution in [0.25, 0.3) is 0 Å². The van der Waals surface area contributed by atoms with Crippen molar-refractivity contribution >= 4 is 17.9 Å². The Morgan fingerprint density at radius 3 is 2.53 bits per heavy atom. The number of hydrogen-bond donors (Lipinski definition) is 1. The summed E-state index contributed by atoms with van der Waals surface area (Å²) in [7, 11) is 2.02. The molecule has 0 saturated carbocycles. The highest BCUT2D eigenvalue weighted by atomic mass is 35.5. The SMILES string of the molecule is CC(C)/C(C=O)=C/NCN(C)Cc1ccc(Cl)cc1. The van der Waals surface area contributed by atoms with Crippen LogP contribution in [0.3, 0.4) is 0 Å². The van der Waals surface area contributed by atoms with Crippen LogP contribution >= 0.6 is 11.6 Å². The molecule has 0 bridgehead atoms. The molecule has 0 atom stereocenters. The van der Waals surface area contributed by atoms with Crippen LogP contribution in [-0.4, -0.2) is 24.9 Å². The molecule has 0 fully saturated rings. The first-order chi connectivity index (χ1) is 9.02. The van der Waals surface area contributed by atoms with Gasteiger partial charge in [-0.3, -0.25) is 9.69 Å². The Labute approximate surface area is 120 Å². The second kappa shape index (κ2) is 7.97. The zero-order valence-corrected chi connectivity index (χ0v) is 12.4. The second-order valence-electron chi connectivity index (χ2n) is 4.92.